The Kier molecular flexibility index (Phi) is 4.94. The Hall–Kier alpha value is -0.930. The zero-order valence-corrected chi connectivity index (χ0v) is 12.1. The molecule has 0 aliphatic carbocycles. The summed E-state index contributed by atoms with van der Waals surface area (Å²) in [5.41, 5.74) is 0.767. The largest absolute Gasteiger partial charge is 0.487 e. The quantitative estimate of drug-likeness (QED) is 0.881. The van der Waals surface area contributed by atoms with E-state index in [1.165, 1.54) is 0 Å². The number of ether oxygens (including phenoxy) is 1. The summed E-state index contributed by atoms with van der Waals surface area (Å²) in [6.45, 7) is 0.0606. The van der Waals surface area contributed by atoms with Crippen LogP contribution in [0.5, 0.6) is 5.75 Å². The lowest BCUT2D eigenvalue weighted by molar-refractivity contribution is 0.108. The van der Waals surface area contributed by atoms with Gasteiger partial charge in [0.2, 0.25) is 0 Å². The SMILES string of the molecule is OC(COc1c(Cl)cc(Cl)cc1Cl)c1ccccc1. The van der Waals surface area contributed by atoms with Crippen LogP contribution in [0.4, 0.5) is 0 Å². The first kappa shape index (κ1) is 14.5. The van der Waals surface area contributed by atoms with Crippen LogP contribution in [0.15, 0.2) is 42.5 Å². The molecule has 0 aliphatic rings. The van der Waals surface area contributed by atoms with E-state index in [0.717, 1.165) is 5.56 Å². The number of hydrogen-bond acceptors (Lipinski definition) is 2. The molecule has 5 heteroatoms. The van der Waals surface area contributed by atoms with Crippen molar-refractivity contribution in [2.45, 2.75) is 6.10 Å². The van der Waals surface area contributed by atoms with Crippen LogP contribution in [-0.2, 0) is 0 Å². The van der Waals surface area contributed by atoms with Gasteiger partial charge >= 0.3 is 0 Å². The summed E-state index contributed by atoms with van der Waals surface area (Å²) in [4.78, 5) is 0. The lowest BCUT2D eigenvalue weighted by atomic mass is 10.1. The summed E-state index contributed by atoms with van der Waals surface area (Å²) < 4.78 is 5.47. The van der Waals surface area contributed by atoms with E-state index >= 15 is 0 Å². The average Bonchev–Trinajstić information content (AvgIpc) is 2.38. The molecule has 1 atom stereocenters. The molecule has 0 aliphatic heterocycles. The van der Waals surface area contributed by atoms with E-state index in [9.17, 15) is 5.11 Å². The van der Waals surface area contributed by atoms with E-state index in [-0.39, 0.29) is 6.61 Å². The summed E-state index contributed by atoms with van der Waals surface area (Å²) in [6.07, 6.45) is -0.746. The Morgan fingerprint density at radius 1 is 1.00 bits per heavy atom. The molecule has 0 bridgehead atoms. The highest BCUT2D eigenvalue weighted by Gasteiger charge is 2.13. The average molecular weight is 318 g/mol. The van der Waals surface area contributed by atoms with Crippen LogP contribution in [0.25, 0.3) is 0 Å². The van der Waals surface area contributed by atoms with Gasteiger partial charge in [-0.1, -0.05) is 65.1 Å². The number of aliphatic hydroxyl groups excluding tert-OH is 1. The van der Waals surface area contributed by atoms with E-state index in [1.807, 2.05) is 30.3 Å². The third kappa shape index (κ3) is 3.77. The molecule has 0 saturated carbocycles. The number of halogens is 3. The number of aliphatic hydroxyl groups is 1. The predicted octanol–water partition coefficient (Wildman–Crippen LogP) is 4.76. The van der Waals surface area contributed by atoms with Crippen molar-refractivity contribution in [1.82, 2.24) is 0 Å². The fourth-order valence-electron chi connectivity index (χ4n) is 1.60. The van der Waals surface area contributed by atoms with Crippen LogP contribution in [0.3, 0.4) is 0 Å². The van der Waals surface area contributed by atoms with Crippen molar-refractivity contribution in [3.8, 4) is 5.75 Å². The Balaban J connectivity index is 2.07. The Labute approximate surface area is 126 Å². The summed E-state index contributed by atoms with van der Waals surface area (Å²) in [6, 6.07) is 12.3. The molecule has 0 saturated heterocycles. The maximum Gasteiger partial charge on any atom is 0.156 e. The van der Waals surface area contributed by atoms with Gasteiger partial charge in [0.1, 0.15) is 12.7 Å². The fourth-order valence-corrected chi connectivity index (χ4v) is 2.53. The van der Waals surface area contributed by atoms with Gasteiger partial charge in [-0.3, -0.25) is 0 Å². The molecule has 100 valence electrons. The Morgan fingerprint density at radius 2 is 1.58 bits per heavy atom. The summed E-state index contributed by atoms with van der Waals surface area (Å²) in [7, 11) is 0. The molecular formula is C14H11Cl3O2. The monoisotopic (exact) mass is 316 g/mol. The van der Waals surface area contributed by atoms with E-state index < -0.39 is 6.10 Å². The maximum atomic E-state index is 9.98. The molecule has 0 fully saturated rings. The van der Waals surface area contributed by atoms with Gasteiger partial charge in [0.05, 0.1) is 10.0 Å². The van der Waals surface area contributed by atoms with Crippen molar-refractivity contribution < 1.29 is 9.84 Å². The zero-order chi connectivity index (χ0) is 13.8. The summed E-state index contributed by atoms with van der Waals surface area (Å²) >= 11 is 17.8. The molecule has 2 aromatic carbocycles. The lowest BCUT2D eigenvalue weighted by Gasteiger charge is -2.14. The van der Waals surface area contributed by atoms with E-state index in [4.69, 9.17) is 39.5 Å². The molecule has 2 rings (SSSR count). The second-order valence-corrected chi connectivity index (χ2v) is 5.19. The Morgan fingerprint density at radius 3 is 2.16 bits per heavy atom. The minimum atomic E-state index is -0.746. The summed E-state index contributed by atoms with van der Waals surface area (Å²) in [5, 5.41) is 11.1. The first-order valence-electron chi connectivity index (χ1n) is 5.58. The minimum Gasteiger partial charge on any atom is -0.487 e. The van der Waals surface area contributed by atoms with Crippen LogP contribution in [0.2, 0.25) is 15.1 Å². The van der Waals surface area contributed by atoms with Gasteiger partial charge in [-0.05, 0) is 17.7 Å². The molecular weight excluding hydrogens is 307 g/mol. The Bertz CT molecular complexity index is 535. The van der Waals surface area contributed by atoms with Crippen LogP contribution >= 0.6 is 34.8 Å². The van der Waals surface area contributed by atoms with Gasteiger partial charge < -0.3 is 9.84 Å². The molecule has 1 N–H and O–H groups in total. The maximum absolute atomic E-state index is 9.98. The molecule has 19 heavy (non-hydrogen) atoms. The second kappa shape index (κ2) is 6.49. The minimum absolute atomic E-state index is 0.0606. The van der Waals surface area contributed by atoms with Gasteiger partial charge in [-0.2, -0.15) is 0 Å². The third-order valence-corrected chi connectivity index (χ3v) is 3.31. The van der Waals surface area contributed by atoms with Crippen molar-refractivity contribution in [1.29, 1.82) is 0 Å². The first-order chi connectivity index (χ1) is 9.08. The number of hydrogen-bond donors (Lipinski definition) is 1. The lowest BCUT2D eigenvalue weighted by Crippen LogP contribution is -2.10. The molecule has 0 spiro atoms. The van der Waals surface area contributed by atoms with E-state index in [0.29, 0.717) is 20.8 Å². The molecule has 0 radical (unpaired) electrons. The van der Waals surface area contributed by atoms with Crippen molar-refractivity contribution in [3.05, 3.63) is 63.1 Å². The van der Waals surface area contributed by atoms with E-state index in [1.54, 1.807) is 12.1 Å². The smallest absolute Gasteiger partial charge is 0.156 e. The van der Waals surface area contributed by atoms with Gasteiger partial charge in [-0.15, -0.1) is 0 Å². The topological polar surface area (TPSA) is 29.5 Å². The van der Waals surface area contributed by atoms with Crippen LogP contribution < -0.4 is 4.74 Å². The molecule has 0 amide bonds. The molecule has 2 nitrogen and oxygen atoms in total. The van der Waals surface area contributed by atoms with Gasteiger partial charge in [0.15, 0.2) is 5.75 Å². The third-order valence-electron chi connectivity index (χ3n) is 2.53. The molecule has 0 heterocycles. The zero-order valence-electron chi connectivity index (χ0n) is 9.82. The highest BCUT2D eigenvalue weighted by Crippen LogP contribution is 2.36. The standard InChI is InChI=1S/C14H11Cl3O2/c15-10-6-11(16)14(12(17)7-10)19-8-13(18)9-4-2-1-3-5-9/h1-7,13,18H,8H2. The van der Waals surface area contributed by atoms with Crippen molar-refractivity contribution in [2.24, 2.45) is 0 Å². The normalized spacial score (nSPS) is 12.2. The van der Waals surface area contributed by atoms with E-state index in [2.05, 4.69) is 0 Å². The second-order valence-electron chi connectivity index (χ2n) is 3.94. The molecule has 1 unspecified atom stereocenters. The van der Waals surface area contributed by atoms with Crippen LogP contribution in [0.1, 0.15) is 11.7 Å². The van der Waals surface area contributed by atoms with Crippen molar-refractivity contribution in [2.75, 3.05) is 6.61 Å². The van der Waals surface area contributed by atoms with Crippen molar-refractivity contribution in [3.63, 3.8) is 0 Å². The predicted molar refractivity (Wildman–Crippen MR) is 78.4 cm³/mol. The number of rotatable bonds is 4. The van der Waals surface area contributed by atoms with Crippen LogP contribution in [-0.4, -0.2) is 11.7 Å². The highest BCUT2D eigenvalue weighted by atomic mass is 35.5. The van der Waals surface area contributed by atoms with Crippen LogP contribution in [0, 0.1) is 0 Å². The first-order valence-corrected chi connectivity index (χ1v) is 6.71. The molecule has 0 aromatic heterocycles. The van der Waals surface area contributed by atoms with Gasteiger partial charge in [0, 0.05) is 5.02 Å². The molecule has 2 aromatic rings. The summed E-state index contributed by atoms with van der Waals surface area (Å²) in [5.74, 6) is 0.322. The van der Waals surface area contributed by atoms with Crippen molar-refractivity contribution >= 4 is 34.8 Å². The van der Waals surface area contributed by atoms with Gasteiger partial charge in [0.25, 0.3) is 0 Å². The van der Waals surface area contributed by atoms with Gasteiger partial charge in [-0.25, -0.2) is 0 Å². The highest BCUT2D eigenvalue weighted by molar-refractivity contribution is 6.40. The number of benzene rings is 2. The fraction of sp³-hybridized carbons (Fsp3) is 0.143.